The SMILES string of the molecule is COC(=O)c1cccc(-c2ccc([C@H]3[C@@H](c4ccccn4)NC(=S)N3c3ccc(F)c(C)c3)o2)c1. The van der Waals surface area contributed by atoms with E-state index in [-0.39, 0.29) is 17.9 Å². The van der Waals surface area contributed by atoms with Gasteiger partial charge in [-0.2, -0.15) is 0 Å². The van der Waals surface area contributed by atoms with Gasteiger partial charge in [-0.05, 0) is 79.3 Å². The third kappa shape index (κ3) is 4.28. The van der Waals surface area contributed by atoms with Crippen LogP contribution in [-0.2, 0) is 4.74 Å². The first kappa shape index (κ1) is 22.7. The van der Waals surface area contributed by atoms with Crippen LogP contribution in [0.5, 0.6) is 0 Å². The molecule has 2 aromatic heterocycles. The number of aryl methyl sites for hydroxylation is 1. The molecule has 0 spiro atoms. The monoisotopic (exact) mass is 487 g/mol. The molecule has 0 bridgehead atoms. The Morgan fingerprint density at radius 1 is 1.11 bits per heavy atom. The number of carbonyl (C=O) groups excluding carboxylic acids is 1. The number of carbonyl (C=O) groups is 1. The van der Waals surface area contributed by atoms with E-state index in [1.807, 2.05) is 41.3 Å². The second-order valence-corrected chi connectivity index (χ2v) is 8.59. The third-order valence-electron chi connectivity index (χ3n) is 6.00. The molecule has 1 saturated heterocycles. The van der Waals surface area contributed by atoms with Crippen LogP contribution in [0.4, 0.5) is 10.1 Å². The van der Waals surface area contributed by atoms with Crippen molar-refractivity contribution < 1.29 is 18.3 Å². The predicted molar refractivity (Wildman–Crippen MR) is 135 cm³/mol. The maximum absolute atomic E-state index is 14.0. The number of ether oxygens (including phenoxy) is 1. The Bertz CT molecular complexity index is 1410. The summed E-state index contributed by atoms with van der Waals surface area (Å²) in [6, 6.07) is 20.7. The van der Waals surface area contributed by atoms with Gasteiger partial charge < -0.3 is 19.4 Å². The molecule has 3 heterocycles. The van der Waals surface area contributed by atoms with Crippen molar-refractivity contribution in [1.29, 1.82) is 0 Å². The minimum Gasteiger partial charge on any atom is -0.465 e. The van der Waals surface area contributed by atoms with E-state index < -0.39 is 5.97 Å². The Balaban J connectivity index is 1.58. The lowest BCUT2D eigenvalue weighted by atomic mass is 10.0. The quantitative estimate of drug-likeness (QED) is 0.284. The Labute approximate surface area is 207 Å². The van der Waals surface area contributed by atoms with Gasteiger partial charge in [0, 0.05) is 17.4 Å². The van der Waals surface area contributed by atoms with Crippen molar-refractivity contribution in [1.82, 2.24) is 10.3 Å². The van der Waals surface area contributed by atoms with Crippen molar-refractivity contribution >= 4 is 29.0 Å². The van der Waals surface area contributed by atoms with Crippen LogP contribution in [0.25, 0.3) is 11.3 Å². The second-order valence-electron chi connectivity index (χ2n) is 8.20. The maximum Gasteiger partial charge on any atom is 0.337 e. The van der Waals surface area contributed by atoms with E-state index in [9.17, 15) is 9.18 Å². The minimum atomic E-state index is -0.419. The summed E-state index contributed by atoms with van der Waals surface area (Å²) in [6.07, 6.45) is 1.73. The van der Waals surface area contributed by atoms with E-state index in [0.717, 1.165) is 16.9 Å². The van der Waals surface area contributed by atoms with E-state index in [2.05, 4.69) is 10.3 Å². The van der Waals surface area contributed by atoms with E-state index in [0.29, 0.717) is 27.8 Å². The standard InChI is InChI=1S/C27H22FN3O3S/c1-16-14-19(9-10-20(16)28)31-25(24(30-27(31)35)21-8-3-4-13-29-21)23-12-11-22(34-23)17-6-5-7-18(15-17)26(32)33-2/h3-15,24-25H,1-2H3,(H,30,35)/t24-,25+/m1/s1. The zero-order valence-electron chi connectivity index (χ0n) is 19.1. The summed E-state index contributed by atoms with van der Waals surface area (Å²) in [4.78, 5) is 18.4. The van der Waals surface area contributed by atoms with Crippen LogP contribution in [-0.4, -0.2) is 23.2 Å². The third-order valence-corrected chi connectivity index (χ3v) is 6.32. The van der Waals surface area contributed by atoms with Crippen LogP contribution < -0.4 is 10.2 Å². The van der Waals surface area contributed by atoms with Gasteiger partial charge in [-0.3, -0.25) is 4.98 Å². The number of nitrogens with one attached hydrogen (secondary N) is 1. The van der Waals surface area contributed by atoms with Crippen molar-refractivity contribution in [3.63, 3.8) is 0 Å². The molecule has 5 rings (SSSR count). The molecule has 1 aliphatic heterocycles. The van der Waals surface area contributed by atoms with Gasteiger partial charge in [0.05, 0.1) is 24.4 Å². The maximum atomic E-state index is 14.0. The normalized spacial score (nSPS) is 17.3. The van der Waals surface area contributed by atoms with Crippen molar-refractivity contribution in [2.24, 2.45) is 0 Å². The molecule has 2 atom stereocenters. The molecule has 0 unspecified atom stereocenters. The molecule has 1 fully saturated rings. The fraction of sp³-hybridized carbons (Fsp3) is 0.148. The minimum absolute atomic E-state index is 0.282. The number of thiocarbonyl (C=S) groups is 1. The number of hydrogen-bond donors (Lipinski definition) is 1. The highest BCUT2D eigenvalue weighted by Gasteiger charge is 2.42. The van der Waals surface area contributed by atoms with Crippen LogP contribution in [0, 0.1) is 12.7 Å². The van der Waals surface area contributed by atoms with E-state index >= 15 is 0 Å². The van der Waals surface area contributed by atoms with Gasteiger partial charge in [0.1, 0.15) is 23.4 Å². The molecule has 2 aromatic carbocycles. The average molecular weight is 488 g/mol. The highest BCUT2D eigenvalue weighted by molar-refractivity contribution is 7.80. The molecule has 4 aromatic rings. The Hall–Kier alpha value is -4.04. The molecule has 8 heteroatoms. The molecule has 6 nitrogen and oxygen atoms in total. The number of esters is 1. The Morgan fingerprint density at radius 2 is 1.97 bits per heavy atom. The van der Waals surface area contributed by atoms with Crippen LogP contribution in [0.1, 0.15) is 39.5 Å². The number of hydrogen-bond acceptors (Lipinski definition) is 5. The number of rotatable bonds is 5. The molecular formula is C27H22FN3O3S. The van der Waals surface area contributed by atoms with Gasteiger partial charge in [-0.25, -0.2) is 9.18 Å². The molecule has 0 amide bonds. The molecular weight excluding hydrogens is 465 g/mol. The lowest BCUT2D eigenvalue weighted by molar-refractivity contribution is 0.0601. The molecule has 176 valence electrons. The van der Waals surface area contributed by atoms with Gasteiger partial charge >= 0.3 is 5.97 Å². The number of pyridine rings is 1. The summed E-state index contributed by atoms with van der Waals surface area (Å²) >= 11 is 5.71. The summed E-state index contributed by atoms with van der Waals surface area (Å²) in [5.41, 5.74) is 3.24. The lowest BCUT2D eigenvalue weighted by Gasteiger charge is -2.26. The second kappa shape index (κ2) is 9.31. The van der Waals surface area contributed by atoms with Crippen molar-refractivity contribution in [3.05, 3.63) is 107 Å². The van der Waals surface area contributed by atoms with Crippen LogP contribution in [0.3, 0.4) is 0 Å². The van der Waals surface area contributed by atoms with Gasteiger partial charge in [0.15, 0.2) is 5.11 Å². The first-order valence-corrected chi connectivity index (χ1v) is 11.4. The smallest absolute Gasteiger partial charge is 0.337 e. The first-order chi connectivity index (χ1) is 17.0. The lowest BCUT2D eigenvalue weighted by Crippen LogP contribution is -2.29. The summed E-state index contributed by atoms with van der Waals surface area (Å²) in [7, 11) is 1.35. The van der Waals surface area contributed by atoms with Gasteiger partial charge in [-0.1, -0.05) is 18.2 Å². The number of anilines is 1. The highest BCUT2D eigenvalue weighted by Crippen LogP contribution is 2.43. The zero-order valence-corrected chi connectivity index (χ0v) is 19.9. The summed E-state index contributed by atoms with van der Waals surface area (Å²) < 4.78 is 25.2. The van der Waals surface area contributed by atoms with Gasteiger partial charge in [0.25, 0.3) is 0 Å². The number of halogens is 1. The molecule has 1 aliphatic rings. The highest BCUT2D eigenvalue weighted by atomic mass is 32.1. The van der Waals surface area contributed by atoms with Crippen LogP contribution in [0.15, 0.2) is 83.4 Å². The molecule has 0 radical (unpaired) electrons. The van der Waals surface area contributed by atoms with Gasteiger partial charge in [-0.15, -0.1) is 0 Å². The van der Waals surface area contributed by atoms with Crippen molar-refractivity contribution in [2.75, 3.05) is 12.0 Å². The summed E-state index contributed by atoms with van der Waals surface area (Å²) in [6.45, 7) is 1.72. The van der Waals surface area contributed by atoms with E-state index in [1.165, 1.54) is 13.2 Å². The fourth-order valence-electron chi connectivity index (χ4n) is 4.28. The molecule has 0 aliphatic carbocycles. The average Bonchev–Trinajstić information content (AvgIpc) is 3.50. The number of furan rings is 1. The number of benzene rings is 2. The predicted octanol–water partition coefficient (Wildman–Crippen LogP) is 5.75. The number of nitrogens with zero attached hydrogens (tertiary/aromatic N) is 2. The topological polar surface area (TPSA) is 67.6 Å². The Morgan fingerprint density at radius 3 is 2.71 bits per heavy atom. The molecule has 1 N–H and O–H groups in total. The number of aromatic nitrogens is 1. The first-order valence-electron chi connectivity index (χ1n) is 11.0. The van der Waals surface area contributed by atoms with Gasteiger partial charge in [0.2, 0.25) is 0 Å². The zero-order chi connectivity index (χ0) is 24.5. The van der Waals surface area contributed by atoms with Crippen LogP contribution >= 0.6 is 12.2 Å². The summed E-state index contributed by atoms with van der Waals surface area (Å²) in [5.74, 6) is 0.541. The Kier molecular flexibility index (Phi) is 6.05. The number of methoxy groups -OCH3 is 1. The largest absolute Gasteiger partial charge is 0.465 e. The van der Waals surface area contributed by atoms with E-state index in [4.69, 9.17) is 21.4 Å². The fourth-order valence-corrected chi connectivity index (χ4v) is 4.63. The summed E-state index contributed by atoms with van der Waals surface area (Å²) in [5, 5.41) is 3.85. The van der Waals surface area contributed by atoms with Crippen molar-refractivity contribution in [3.8, 4) is 11.3 Å². The van der Waals surface area contributed by atoms with Crippen LogP contribution in [0.2, 0.25) is 0 Å². The van der Waals surface area contributed by atoms with E-state index in [1.54, 1.807) is 43.5 Å². The molecule has 35 heavy (non-hydrogen) atoms. The van der Waals surface area contributed by atoms with Crippen molar-refractivity contribution in [2.45, 2.75) is 19.0 Å². The molecule has 0 saturated carbocycles.